The third-order valence-electron chi connectivity index (χ3n) is 4.64. The van der Waals surface area contributed by atoms with Crippen LogP contribution in [0.3, 0.4) is 0 Å². The molecule has 1 aliphatic rings. The number of aryl methyl sites for hydroxylation is 1. The van der Waals surface area contributed by atoms with Crippen LogP contribution in [-0.4, -0.2) is 41.1 Å². The van der Waals surface area contributed by atoms with Gasteiger partial charge >= 0.3 is 0 Å². The largest absolute Gasteiger partial charge is 0.370 e. The summed E-state index contributed by atoms with van der Waals surface area (Å²) >= 11 is 7.40. The average Bonchev–Trinajstić information content (AvgIpc) is 3.11. The lowest BCUT2D eigenvalue weighted by Gasteiger charge is -2.30. The Balaban J connectivity index is 1.55. The maximum atomic E-state index is 12.5. The van der Waals surface area contributed by atoms with Crippen LogP contribution in [0.4, 0.5) is 17.2 Å². The third kappa shape index (κ3) is 6.14. The van der Waals surface area contributed by atoms with Gasteiger partial charge in [-0.25, -0.2) is 0 Å². The SMILES string of the molecule is Cc1cc(NC(=O)[C@@H](C)SCC(=O)Nc2cc(Cl)ccc2N2CCCCC2)no1. The van der Waals surface area contributed by atoms with Crippen molar-refractivity contribution in [3.8, 4) is 0 Å². The molecule has 2 N–H and O–H groups in total. The Morgan fingerprint density at radius 1 is 1.24 bits per heavy atom. The van der Waals surface area contributed by atoms with E-state index in [1.807, 2.05) is 12.1 Å². The van der Waals surface area contributed by atoms with Gasteiger partial charge < -0.3 is 20.1 Å². The number of nitrogens with one attached hydrogen (secondary N) is 2. The summed E-state index contributed by atoms with van der Waals surface area (Å²) in [6.45, 7) is 5.44. The summed E-state index contributed by atoms with van der Waals surface area (Å²) in [6, 6.07) is 7.21. The van der Waals surface area contributed by atoms with Gasteiger partial charge in [0.25, 0.3) is 0 Å². The molecule has 29 heavy (non-hydrogen) atoms. The van der Waals surface area contributed by atoms with E-state index in [1.165, 1.54) is 18.2 Å². The van der Waals surface area contributed by atoms with Crippen molar-refractivity contribution in [3.63, 3.8) is 0 Å². The molecule has 1 fully saturated rings. The molecule has 2 amide bonds. The van der Waals surface area contributed by atoms with E-state index in [0.717, 1.165) is 31.6 Å². The van der Waals surface area contributed by atoms with Crippen LogP contribution >= 0.6 is 23.4 Å². The van der Waals surface area contributed by atoms with E-state index in [1.54, 1.807) is 26.0 Å². The first-order chi connectivity index (χ1) is 13.9. The fourth-order valence-corrected chi connectivity index (χ4v) is 3.99. The summed E-state index contributed by atoms with van der Waals surface area (Å²) in [6.07, 6.45) is 3.52. The number of amides is 2. The average molecular weight is 437 g/mol. The van der Waals surface area contributed by atoms with Gasteiger partial charge in [0, 0.05) is 24.2 Å². The minimum Gasteiger partial charge on any atom is -0.370 e. The maximum Gasteiger partial charge on any atom is 0.238 e. The van der Waals surface area contributed by atoms with E-state index in [2.05, 4.69) is 20.7 Å². The van der Waals surface area contributed by atoms with Crippen LogP contribution in [0.2, 0.25) is 5.02 Å². The van der Waals surface area contributed by atoms with Crippen molar-refractivity contribution in [2.45, 2.75) is 38.4 Å². The molecule has 0 spiro atoms. The van der Waals surface area contributed by atoms with E-state index < -0.39 is 5.25 Å². The second kappa shape index (κ2) is 10.0. The van der Waals surface area contributed by atoms with Crippen molar-refractivity contribution in [3.05, 3.63) is 35.0 Å². The Bertz CT molecular complexity index is 867. The molecule has 1 aromatic carbocycles. The number of halogens is 1. The first kappa shape index (κ1) is 21.5. The molecule has 2 heterocycles. The predicted molar refractivity (Wildman–Crippen MR) is 118 cm³/mol. The molecular weight excluding hydrogens is 412 g/mol. The lowest BCUT2D eigenvalue weighted by Crippen LogP contribution is -2.30. The topological polar surface area (TPSA) is 87.5 Å². The lowest BCUT2D eigenvalue weighted by atomic mass is 10.1. The Kier molecular flexibility index (Phi) is 7.44. The molecule has 9 heteroatoms. The van der Waals surface area contributed by atoms with Crippen LogP contribution in [0.25, 0.3) is 0 Å². The van der Waals surface area contributed by atoms with Gasteiger partial charge in [0.1, 0.15) is 5.76 Å². The van der Waals surface area contributed by atoms with Crippen molar-refractivity contribution in [1.29, 1.82) is 0 Å². The minimum absolute atomic E-state index is 0.151. The molecule has 0 radical (unpaired) electrons. The molecule has 1 saturated heterocycles. The van der Waals surface area contributed by atoms with Gasteiger partial charge in [-0.15, -0.1) is 11.8 Å². The van der Waals surface area contributed by atoms with Gasteiger partial charge in [-0.05, 0) is 51.3 Å². The number of rotatable bonds is 7. The Morgan fingerprint density at radius 2 is 2.00 bits per heavy atom. The highest BCUT2D eigenvalue weighted by Crippen LogP contribution is 2.31. The van der Waals surface area contributed by atoms with E-state index in [4.69, 9.17) is 16.1 Å². The zero-order valence-corrected chi connectivity index (χ0v) is 18.1. The van der Waals surface area contributed by atoms with Crippen molar-refractivity contribution in [2.75, 3.05) is 34.4 Å². The second-order valence-corrected chi connectivity index (χ2v) is 8.79. The van der Waals surface area contributed by atoms with Crippen LogP contribution < -0.4 is 15.5 Å². The van der Waals surface area contributed by atoms with E-state index >= 15 is 0 Å². The molecule has 2 aromatic rings. The summed E-state index contributed by atoms with van der Waals surface area (Å²) in [5, 5.41) is 9.52. The van der Waals surface area contributed by atoms with Crippen LogP contribution in [0.5, 0.6) is 0 Å². The number of thioether (sulfide) groups is 1. The van der Waals surface area contributed by atoms with Crippen molar-refractivity contribution in [2.24, 2.45) is 0 Å². The lowest BCUT2D eigenvalue weighted by molar-refractivity contribution is -0.115. The highest BCUT2D eigenvalue weighted by atomic mass is 35.5. The number of piperidine rings is 1. The highest BCUT2D eigenvalue weighted by Gasteiger charge is 2.19. The number of anilines is 3. The fourth-order valence-electron chi connectivity index (χ4n) is 3.13. The van der Waals surface area contributed by atoms with Crippen molar-refractivity contribution < 1.29 is 14.1 Å². The van der Waals surface area contributed by atoms with Crippen LogP contribution in [0, 0.1) is 6.92 Å². The zero-order valence-electron chi connectivity index (χ0n) is 16.5. The molecule has 0 unspecified atom stereocenters. The maximum absolute atomic E-state index is 12.5. The first-order valence-corrected chi connectivity index (χ1v) is 11.0. The van der Waals surface area contributed by atoms with Gasteiger partial charge in [0.05, 0.1) is 22.4 Å². The van der Waals surface area contributed by atoms with Crippen LogP contribution in [0.1, 0.15) is 31.9 Å². The van der Waals surface area contributed by atoms with Crippen molar-refractivity contribution in [1.82, 2.24) is 5.16 Å². The highest BCUT2D eigenvalue weighted by molar-refractivity contribution is 8.01. The zero-order chi connectivity index (χ0) is 20.8. The molecule has 0 aliphatic carbocycles. The van der Waals surface area contributed by atoms with Gasteiger partial charge in [0.2, 0.25) is 11.8 Å². The Hall–Kier alpha value is -2.19. The summed E-state index contributed by atoms with van der Waals surface area (Å²) < 4.78 is 4.93. The second-order valence-electron chi connectivity index (χ2n) is 7.02. The quantitative estimate of drug-likeness (QED) is 0.671. The summed E-state index contributed by atoms with van der Waals surface area (Å²) in [4.78, 5) is 27.0. The van der Waals surface area contributed by atoms with Gasteiger partial charge in [-0.1, -0.05) is 16.8 Å². The molecule has 0 bridgehead atoms. The number of nitrogens with zero attached hydrogens (tertiary/aromatic N) is 2. The number of carbonyl (C=O) groups is 2. The minimum atomic E-state index is -0.418. The van der Waals surface area contributed by atoms with Crippen LogP contribution in [-0.2, 0) is 9.59 Å². The number of hydrogen-bond acceptors (Lipinski definition) is 6. The van der Waals surface area contributed by atoms with Gasteiger partial charge in [0.15, 0.2) is 5.82 Å². The standard InChI is InChI=1S/C20H25ClN4O3S/c1-13-10-18(24-28-13)23-20(27)14(2)29-12-19(26)22-16-11-15(21)6-7-17(16)25-8-4-3-5-9-25/h6-7,10-11,14H,3-5,8-9,12H2,1-2H3,(H,22,26)(H,23,24,27)/t14-/m1/s1. The Morgan fingerprint density at radius 3 is 2.69 bits per heavy atom. The molecule has 7 nitrogen and oxygen atoms in total. The normalized spacial score (nSPS) is 15.1. The van der Waals surface area contributed by atoms with Gasteiger partial charge in [-0.3, -0.25) is 9.59 Å². The molecule has 0 saturated carbocycles. The molecule has 156 valence electrons. The fraction of sp³-hybridized carbons (Fsp3) is 0.450. The molecule has 3 rings (SSSR count). The predicted octanol–water partition coefficient (Wildman–Crippen LogP) is 4.33. The van der Waals surface area contributed by atoms with E-state index in [0.29, 0.717) is 22.3 Å². The number of benzene rings is 1. The number of hydrogen-bond donors (Lipinski definition) is 2. The molecule has 1 aliphatic heterocycles. The summed E-state index contributed by atoms with van der Waals surface area (Å²) in [7, 11) is 0. The Labute approximate surface area is 179 Å². The molecule has 1 atom stereocenters. The third-order valence-corrected chi connectivity index (χ3v) is 6.02. The number of carbonyl (C=O) groups excluding carboxylic acids is 2. The van der Waals surface area contributed by atoms with E-state index in [9.17, 15) is 9.59 Å². The van der Waals surface area contributed by atoms with Crippen LogP contribution in [0.15, 0.2) is 28.8 Å². The number of aromatic nitrogens is 1. The van der Waals surface area contributed by atoms with Crippen molar-refractivity contribution >= 4 is 52.4 Å². The summed E-state index contributed by atoms with van der Waals surface area (Å²) in [5.74, 6) is 0.735. The smallest absolute Gasteiger partial charge is 0.238 e. The monoisotopic (exact) mass is 436 g/mol. The first-order valence-electron chi connectivity index (χ1n) is 9.62. The van der Waals surface area contributed by atoms with Gasteiger partial charge in [-0.2, -0.15) is 0 Å². The summed E-state index contributed by atoms with van der Waals surface area (Å²) in [5.41, 5.74) is 1.69. The molecule has 1 aromatic heterocycles. The van der Waals surface area contributed by atoms with E-state index in [-0.39, 0.29) is 17.6 Å². The molecular formula is C20H25ClN4O3S.